The molecule has 2 nitrogen and oxygen atoms in total. The van der Waals surface area contributed by atoms with E-state index in [9.17, 15) is 4.79 Å². The molecule has 1 rings (SSSR count). The van der Waals surface area contributed by atoms with Crippen molar-refractivity contribution in [3.05, 3.63) is 35.9 Å². The van der Waals surface area contributed by atoms with Crippen molar-refractivity contribution in [3.63, 3.8) is 0 Å². The van der Waals surface area contributed by atoms with Gasteiger partial charge >= 0.3 is 0 Å². The molecule has 0 aromatic heterocycles. The summed E-state index contributed by atoms with van der Waals surface area (Å²) >= 11 is 0. The van der Waals surface area contributed by atoms with E-state index in [0.29, 0.717) is 6.54 Å². The minimum Gasteiger partial charge on any atom is -0.530 e. The van der Waals surface area contributed by atoms with E-state index >= 15 is 0 Å². The molecule has 0 saturated heterocycles. The molecule has 0 atom stereocenters. The molecule has 12 heavy (non-hydrogen) atoms. The average molecular weight is 237 g/mol. The summed E-state index contributed by atoms with van der Waals surface area (Å²) in [7, 11) is 0. The molecule has 0 aliphatic rings. The van der Waals surface area contributed by atoms with Gasteiger partial charge in [-0.05, 0) is 18.5 Å². The zero-order valence-corrected chi connectivity index (χ0v) is 9.62. The fourth-order valence-corrected chi connectivity index (χ4v) is 0.903. The summed E-state index contributed by atoms with van der Waals surface area (Å²) in [5, 5.41) is 2.49. The van der Waals surface area contributed by atoms with Crippen LogP contribution in [0.25, 0.3) is 0 Å². The Labute approximate surface area is 97.6 Å². The molecule has 0 aliphatic carbocycles. The van der Waals surface area contributed by atoms with E-state index in [1.165, 1.54) is 5.56 Å². The number of rotatable bonds is 4. The first-order chi connectivity index (χ1) is 5.43. The van der Waals surface area contributed by atoms with Gasteiger partial charge in [0.2, 0.25) is 0 Å². The van der Waals surface area contributed by atoms with Gasteiger partial charge in [0.25, 0.3) is 0 Å². The minimum atomic E-state index is 0. The summed E-state index contributed by atoms with van der Waals surface area (Å²) in [6.45, 7) is 0.660. The van der Waals surface area contributed by atoms with E-state index in [4.69, 9.17) is 0 Å². The molecule has 0 heterocycles. The third-order valence-corrected chi connectivity index (χ3v) is 1.45. The number of benzene rings is 1. The largest absolute Gasteiger partial charge is 0.530 e. The van der Waals surface area contributed by atoms with Crippen molar-refractivity contribution in [1.29, 1.82) is 0 Å². The summed E-state index contributed by atoms with van der Waals surface area (Å²) in [6, 6.07) is 10.0. The normalized spacial score (nSPS) is 8.33. The molecule has 0 spiro atoms. The molecule has 1 radical (unpaired) electrons. The summed E-state index contributed by atoms with van der Waals surface area (Å²) in [4.78, 5) is 9.76. The molecule has 1 aromatic rings. The first-order valence-corrected chi connectivity index (χ1v) is 3.57. The first kappa shape index (κ1) is 11.8. The molecule has 1 amide bonds. The van der Waals surface area contributed by atoms with Gasteiger partial charge in [-0.2, -0.15) is 6.41 Å². The van der Waals surface area contributed by atoms with Crippen molar-refractivity contribution < 1.29 is 37.5 Å². The molecule has 0 fully saturated rings. The van der Waals surface area contributed by atoms with Gasteiger partial charge in [0, 0.05) is 32.7 Å². The van der Waals surface area contributed by atoms with Crippen LogP contribution in [0.5, 0.6) is 0 Å². The number of nitrogens with one attached hydrogen (secondary N) is 1. The molecule has 1 N–H and O–H groups in total. The minimum absolute atomic E-state index is 0. The van der Waals surface area contributed by atoms with Crippen LogP contribution in [0.4, 0.5) is 0 Å². The van der Waals surface area contributed by atoms with Crippen molar-refractivity contribution >= 4 is 6.41 Å². The van der Waals surface area contributed by atoms with Crippen LogP contribution in [0.2, 0.25) is 0 Å². The predicted octanol–water partition coefficient (Wildman–Crippen LogP) is 0.883. The van der Waals surface area contributed by atoms with Gasteiger partial charge in [0.1, 0.15) is 0 Å². The summed E-state index contributed by atoms with van der Waals surface area (Å²) in [5.74, 6) is 0. The van der Waals surface area contributed by atoms with Gasteiger partial charge in [-0.3, -0.25) is 0 Å². The third kappa shape index (κ3) is 4.63. The van der Waals surface area contributed by atoms with Crippen LogP contribution in [0, 0.1) is 0 Å². The van der Waals surface area contributed by atoms with Crippen LogP contribution in [0.3, 0.4) is 0 Å². The molecule has 1 aromatic carbocycles. The SMILES string of the molecule is O=[C-]NCCc1ccccc1.[Y]. The Hall–Kier alpha value is -0.206. The molecule has 61 valence electrons. The van der Waals surface area contributed by atoms with Crippen LogP contribution in [0.15, 0.2) is 30.3 Å². The fraction of sp³-hybridized carbons (Fsp3) is 0.222. The van der Waals surface area contributed by atoms with Gasteiger partial charge in [-0.25, -0.2) is 0 Å². The van der Waals surface area contributed by atoms with Crippen molar-refractivity contribution in [2.75, 3.05) is 6.54 Å². The van der Waals surface area contributed by atoms with Crippen LogP contribution in [-0.2, 0) is 43.9 Å². The van der Waals surface area contributed by atoms with Crippen molar-refractivity contribution in [3.8, 4) is 0 Å². The van der Waals surface area contributed by atoms with Crippen LogP contribution >= 0.6 is 0 Å². The Bertz CT molecular complexity index is 213. The molecular formula is C9H10NOY-. The molecular weight excluding hydrogens is 227 g/mol. The zero-order valence-electron chi connectivity index (χ0n) is 6.79. The Morgan fingerprint density at radius 2 is 1.92 bits per heavy atom. The Morgan fingerprint density at radius 1 is 1.25 bits per heavy atom. The second kappa shape index (κ2) is 7.44. The van der Waals surface area contributed by atoms with Crippen molar-refractivity contribution in [2.45, 2.75) is 6.42 Å². The standard InChI is InChI=1S/C9H10NO.Y/c11-8-10-7-6-9-4-2-1-3-5-9;/h1-5H,6-7H2,(H,10,11);/q-1;. The van der Waals surface area contributed by atoms with E-state index in [-0.39, 0.29) is 32.7 Å². The predicted molar refractivity (Wildman–Crippen MR) is 43.8 cm³/mol. The number of amides is 1. The van der Waals surface area contributed by atoms with E-state index in [0.717, 1.165) is 6.42 Å². The van der Waals surface area contributed by atoms with Crippen LogP contribution in [0.1, 0.15) is 5.56 Å². The smallest absolute Gasteiger partial charge is 0 e. The molecule has 0 saturated carbocycles. The first-order valence-electron chi connectivity index (χ1n) is 3.57. The van der Waals surface area contributed by atoms with Crippen LogP contribution < -0.4 is 5.32 Å². The Kier molecular flexibility index (Phi) is 7.32. The molecule has 0 unspecified atom stereocenters. The van der Waals surface area contributed by atoms with Gasteiger partial charge in [-0.1, -0.05) is 30.3 Å². The molecule has 0 bridgehead atoms. The maximum Gasteiger partial charge on any atom is 0 e. The van der Waals surface area contributed by atoms with Crippen molar-refractivity contribution in [2.24, 2.45) is 0 Å². The molecule has 3 heteroatoms. The van der Waals surface area contributed by atoms with Gasteiger partial charge in [0.05, 0.1) is 0 Å². The van der Waals surface area contributed by atoms with E-state index in [1.807, 2.05) is 30.3 Å². The average Bonchev–Trinajstić information content (AvgIpc) is 2.07. The summed E-state index contributed by atoms with van der Waals surface area (Å²) in [6.07, 6.45) is 2.51. The van der Waals surface area contributed by atoms with E-state index in [2.05, 4.69) is 5.32 Å². The maximum absolute atomic E-state index is 9.76. The van der Waals surface area contributed by atoms with Gasteiger partial charge in [0.15, 0.2) is 0 Å². The second-order valence-electron chi connectivity index (χ2n) is 2.26. The van der Waals surface area contributed by atoms with E-state index in [1.54, 1.807) is 6.41 Å². The Morgan fingerprint density at radius 3 is 2.50 bits per heavy atom. The molecule has 0 aliphatic heterocycles. The maximum atomic E-state index is 9.76. The number of hydrogen-bond acceptors (Lipinski definition) is 1. The topological polar surface area (TPSA) is 29.1 Å². The summed E-state index contributed by atoms with van der Waals surface area (Å²) < 4.78 is 0. The van der Waals surface area contributed by atoms with Crippen LogP contribution in [-0.4, -0.2) is 13.0 Å². The number of hydrogen-bond donors (Lipinski definition) is 1. The van der Waals surface area contributed by atoms with Gasteiger partial charge < -0.3 is 10.1 Å². The Balaban J connectivity index is 0.00000121. The number of carbonyl (C=O) groups excluding carboxylic acids is 1. The third-order valence-electron chi connectivity index (χ3n) is 1.45. The zero-order chi connectivity index (χ0) is 7.94. The van der Waals surface area contributed by atoms with Gasteiger partial charge in [-0.15, -0.1) is 0 Å². The summed E-state index contributed by atoms with van der Waals surface area (Å²) in [5.41, 5.74) is 1.23. The fourth-order valence-electron chi connectivity index (χ4n) is 0.903. The monoisotopic (exact) mass is 237 g/mol. The van der Waals surface area contributed by atoms with E-state index < -0.39 is 0 Å². The quantitative estimate of drug-likeness (QED) is 0.470. The van der Waals surface area contributed by atoms with Crippen molar-refractivity contribution in [1.82, 2.24) is 5.32 Å². The second-order valence-corrected chi connectivity index (χ2v) is 2.26.